The Hall–Kier alpha value is -1.36. The Kier molecular flexibility index (Phi) is 4.98. The molecule has 0 saturated carbocycles. The van der Waals surface area contributed by atoms with Crippen molar-refractivity contribution in [3.63, 3.8) is 0 Å². The third kappa shape index (κ3) is 3.66. The van der Waals surface area contributed by atoms with Crippen molar-refractivity contribution < 1.29 is 0 Å². The van der Waals surface area contributed by atoms with Crippen LogP contribution in [0.15, 0.2) is 6.20 Å². The minimum atomic E-state index is 0.234. The van der Waals surface area contributed by atoms with Gasteiger partial charge in [-0.15, -0.1) is 0 Å². The number of unbranched alkanes of at least 4 members (excludes halogenated alkanes) is 1. The fraction of sp³-hybridized carbons (Fsp3) is 0.636. The van der Waals surface area contributed by atoms with E-state index in [1.807, 2.05) is 0 Å². The Morgan fingerprint density at radius 3 is 2.62 bits per heavy atom. The number of nitrogens with two attached hydrogens (primary N) is 2. The summed E-state index contributed by atoms with van der Waals surface area (Å²) in [5.74, 6) is 0.723. The molecule has 0 bridgehead atoms. The maximum Gasteiger partial charge on any atom is 0.221 e. The summed E-state index contributed by atoms with van der Waals surface area (Å²) < 4.78 is 0. The summed E-state index contributed by atoms with van der Waals surface area (Å²) in [6.45, 7) is 7.21. The van der Waals surface area contributed by atoms with Crippen LogP contribution in [0.25, 0.3) is 0 Å². The van der Waals surface area contributed by atoms with Gasteiger partial charge in [0.15, 0.2) is 0 Å². The average Bonchev–Trinajstić information content (AvgIpc) is 2.27. The van der Waals surface area contributed by atoms with Crippen LogP contribution in [0.1, 0.15) is 32.3 Å². The van der Waals surface area contributed by atoms with Crippen LogP contribution in [-0.4, -0.2) is 28.0 Å². The highest BCUT2D eigenvalue weighted by Gasteiger charge is 2.07. The van der Waals surface area contributed by atoms with E-state index in [4.69, 9.17) is 11.5 Å². The maximum atomic E-state index is 5.80. The van der Waals surface area contributed by atoms with E-state index in [1.54, 1.807) is 6.20 Å². The number of hydrogen-bond acceptors (Lipinski definition) is 5. The molecule has 0 fully saturated rings. The summed E-state index contributed by atoms with van der Waals surface area (Å²) in [5.41, 5.74) is 12.2. The average molecular weight is 223 g/mol. The first-order chi connectivity index (χ1) is 7.67. The molecule has 0 aliphatic rings. The number of rotatable bonds is 6. The first-order valence-corrected chi connectivity index (χ1v) is 5.76. The van der Waals surface area contributed by atoms with Crippen molar-refractivity contribution in [3.05, 3.63) is 11.8 Å². The molecule has 0 aliphatic heterocycles. The summed E-state index contributed by atoms with van der Waals surface area (Å²) >= 11 is 0. The van der Waals surface area contributed by atoms with Gasteiger partial charge in [0.2, 0.25) is 5.95 Å². The molecule has 0 aromatic carbocycles. The summed E-state index contributed by atoms with van der Waals surface area (Å²) in [6.07, 6.45) is 4.11. The van der Waals surface area contributed by atoms with Crippen LogP contribution in [0.3, 0.4) is 0 Å². The summed E-state index contributed by atoms with van der Waals surface area (Å²) in [7, 11) is 0. The lowest BCUT2D eigenvalue weighted by Crippen LogP contribution is -2.24. The predicted octanol–water partition coefficient (Wildman–Crippen LogP) is 1.26. The van der Waals surface area contributed by atoms with Crippen molar-refractivity contribution in [2.75, 3.05) is 24.6 Å². The zero-order valence-corrected chi connectivity index (χ0v) is 10.1. The summed E-state index contributed by atoms with van der Waals surface area (Å²) in [4.78, 5) is 10.3. The molecule has 0 aliphatic carbocycles. The molecule has 0 radical (unpaired) electrons. The van der Waals surface area contributed by atoms with E-state index in [0.29, 0.717) is 5.82 Å². The van der Waals surface area contributed by atoms with Crippen molar-refractivity contribution in [2.24, 2.45) is 0 Å². The first-order valence-electron chi connectivity index (χ1n) is 5.76. The van der Waals surface area contributed by atoms with E-state index in [1.165, 1.54) is 12.8 Å². The molecule has 4 N–H and O–H groups in total. The molecule has 0 atom stereocenters. The van der Waals surface area contributed by atoms with Gasteiger partial charge in [-0.1, -0.05) is 20.3 Å². The Labute approximate surface area is 96.9 Å². The lowest BCUT2D eigenvalue weighted by Gasteiger charge is -2.20. The molecule has 5 nitrogen and oxygen atoms in total. The van der Waals surface area contributed by atoms with Gasteiger partial charge in [0.1, 0.15) is 5.82 Å². The monoisotopic (exact) mass is 223 g/mol. The topological polar surface area (TPSA) is 81.1 Å². The predicted molar refractivity (Wildman–Crippen MR) is 66.7 cm³/mol. The Morgan fingerprint density at radius 2 is 2.06 bits per heavy atom. The molecule has 1 heterocycles. The number of aromatic nitrogens is 2. The largest absolute Gasteiger partial charge is 0.383 e. The normalized spacial score (nSPS) is 10.9. The van der Waals surface area contributed by atoms with Crippen LogP contribution < -0.4 is 11.5 Å². The zero-order chi connectivity index (χ0) is 12.0. The molecule has 16 heavy (non-hydrogen) atoms. The smallest absolute Gasteiger partial charge is 0.221 e. The fourth-order valence-electron chi connectivity index (χ4n) is 1.53. The second kappa shape index (κ2) is 6.27. The van der Waals surface area contributed by atoms with E-state index < -0.39 is 0 Å². The maximum absolute atomic E-state index is 5.80. The van der Waals surface area contributed by atoms with Crippen molar-refractivity contribution in [1.29, 1.82) is 0 Å². The van der Waals surface area contributed by atoms with E-state index in [0.717, 1.165) is 25.2 Å². The molecule has 1 aromatic heterocycles. The molecule has 90 valence electrons. The van der Waals surface area contributed by atoms with Gasteiger partial charge in [0, 0.05) is 18.3 Å². The minimum absolute atomic E-state index is 0.234. The Morgan fingerprint density at radius 1 is 1.31 bits per heavy atom. The highest BCUT2D eigenvalue weighted by atomic mass is 15.1. The molecule has 0 unspecified atom stereocenters. The third-order valence-corrected chi connectivity index (χ3v) is 2.59. The Balaban J connectivity index is 2.62. The van der Waals surface area contributed by atoms with Crippen LogP contribution in [0.2, 0.25) is 0 Å². The molecular formula is C11H21N5. The van der Waals surface area contributed by atoms with Crippen molar-refractivity contribution >= 4 is 11.8 Å². The van der Waals surface area contributed by atoms with Crippen molar-refractivity contribution in [2.45, 2.75) is 33.2 Å². The summed E-state index contributed by atoms with van der Waals surface area (Å²) in [5, 5.41) is 0. The zero-order valence-electron chi connectivity index (χ0n) is 10.1. The molecule has 1 aromatic rings. The number of nitrogens with zero attached hydrogens (tertiary/aromatic N) is 3. The van der Waals surface area contributed by atoms with E-state index >= 15 is 0 Å². The van der Waals surface area contributed by atoms with Crippen LogP contribution in [0.5, 0.6) is 0 Å². The van der Waals surface area contributed by atoms with E-state index in [2.05, 4.69) is 28.7 Å². The number of anilines is 2. The standard InChI is InChI=1S/C11H21N5/c1-3-5-6-16(4-2)8-9-7-14-11(13)15-10(9)12/h7H,3-6,8H2,1-2H3,(H4,12,13,14,15). The summed E-state index contributed by atoms with van der Waals surface area (Å²) in [6, 6.07) is 0. The lowest BCUT2D eigenvalue weighted by molar-refractivity contribution is 0.275. The van der Waals surface area contributed by atoms with Gasteiger partial charge >= 0.3 is 0 Å². The highest BCUT2D eigenvalue weighted by molar-refractivity contribution is 5.41. The molecule has 0 spiro atoms. The lowest BCUT2D eigenvalue weighted by atomic mass is 10.2. The molecule has 0 saturated heterocycles. The molecule has 5 heteroatoms. The van der Waals surface area contributed by atoms with Gasteiger partial charge < -0.3 is 11.5 Å². The van der Waals surface area contributed by atoms with Crippen LogP contribution in [0, 0.1) is 0 Å². The van der Waals surface area contributed by atoms with Crippen molar-refractivity contribution in [1.82, 2.24) is 14.9 Å². The van der Waals surface area contributed by atoms with Crippen LogP contribution in [0.4, 0.5) is 11.8 Å². The Bertz CT molecular complexity index is 326. The third-order valence-electron chi connectivity index (χ3n) is 2.59. The van der Waals surface area contributed by atoms with Gasteiger partial charge in [0.25, 0.3) is 0 Å². The molecular weight excluding hydrogens is 202 g/mol. The quantitative estimate of drug-likeness (QED) is 0.759. The van der Waals surface area contributed by atoms with Gasteiger partial charge in [-0.05, 0) is 19.5 Å². The molecule has 1 rings (SSSR count). The highest BCUT2D eigenvalue weighted by Crippen LogP contribution is 2.11. The van der Waals surface area contributed by atoms with Gasteiger partial charge in [0.05, 0.1) is 0 Å². The number of nitrogen functional groups attached to an aromatic ring is 2. The second-order valence-corrected chi connectivity index (χ2v) is 3.86. The fourth-order valence-corrected chi connectivity index (χ4v) is 1.53. The van der Waals surface area contributed by atoms with Crippen LogP contribution in [-0.2, 0) is 6.54 Å². The van der Waals surface area contributed by atoms with Crippen molar-refractivity contribution in [3.8, 4) is 0 Å². The van der Waals surface area contributed by atoms with E-state index in [9.17, 15) is 0 Å². The second-order valence-electron chi connectivity index (χ2n) is 3.86. The SMILES string of the molecule is CCCCN(CC)Cc1cnc(N)nc1N. The van der Waals surface area contributed by atoms with Gasteiger partial charge in [-0.3, -0.25) is 4.90 Å². The van der Waals surface area contributed by atoms with Gasteiger partial charge in [-0.2, -0.15) is 4.98 Å². The van der Waals surface area contributed by atoms with Crippen LogP contribution >= 0.6 is 0 Å². The molecule has 0 amide bonds. The minimum Gasteiger partial charge on any atom is -0.383 e. The van der Waals surface area contributed by atoms with Gasteiger partial charge in [-0.25, -0.2) is 4.98 Å². The van der Waals surface area contributed by atoms with E-state index in [-0.39, 0.29) is 5.95 Å². The first kappa shape index (κ1) is 12.7. The number of hydrogen-bond donors (Lipinski definition) is 2.